The molecule has 2 aromatic rings. The fourth-order valence-corrected chi connectivity index (χ4v) is 2.66. The van der Waals surface area contributed by atoms with Crippen molar-refractivity contribution in [3.8, 4) is 16.9 Å². The molecular weight excluding hydrogens is 287 g/mol. The second kappa shape index (κ2) is 9.34. The highest BCUT2D eigenvalue weighted by Gasteiger charge is 2.06. The van der Waals surface area contributed by atoms with Gasteiger partial charge in [-0.05, 0) is 41.7 Å². The monoisotopic (exact) mass is 314 g/mol. The summed E-state index contributed by atoms with van der Waals surface area (Å²) in [5, 5.41) is 0. The van der Waals surface area contributed by atoms with Crippen LogP contribution in [0.2, 0.25) is 0 Å². The van der Waals surface area contributed by atoms with Crippen LogP contribution in [0.5, 0.6) is 5.75 Å². The highest BCUT2D eigenvalue weighted by atomic mass is 19.1. The van der Waals surface area contributed by atoms with Gasteiger partial charge in [-0.2, -0.15) is 0 Å². The van der Waals surface area contributed by atoms with Crippen molar-refractivity contribution in [3.63, 3.8) is 0 Å². The minimum Gasteiger partial charge on any atom is -0.491 e. The highest BCUT2D eigenvalue weighted by Crippen LogP contribution is 2.26. The van der Waals surface area contributed by atoms with E-state index in [1.54, 1.807) is 12.1 Å². The lowest BCUT2D eigenvalue weighted by atomic mass is 10.0. The number of unbranched alkanes of at least 4 members (excludes halogenated alkanes) is 3. The van der Waals surface area contributed by atoms with E-state index in [2.05, 4.69) is 38.1 Å². The first-order valence-corrected chi connectivity index (χ1v) is 8.76. The molecule has 0 heterocycles. The van der Waals surface area contributed by atoms with Crippen molar-refractivity contribution in [2.45, 2.75) is 52.4 Å². The maximum atomic E-state index is 14.2. The number of hydrogen-bond acceptors (Lipinski definition) is 1. The molecule has 0 saturated heterocycles. The van der Waals surface area contributed by atoms with Crippen molar-refractivity contribution in [1.29, 1.82) is 0 Å². The number of halogens is 1. The summed E-state index contributed by atoms with van der Waals surface area (Å²) in [4.78, 5) is 0. The van der Waals surface area contributed by atoms with Crippen LogP contribution in [-0.4, -0.2) is 6.61 Å². The van der Waals surface area contributed by atoms with Crippen LogP contribution in [0.4, 0.5) is 4.39 Å². The fraction of sp³-hybridized carbons (Fsp3) is 0.429. The number of hydrogen-bond donors (Lipinski definition) is 0. The molecule has 0 atom stereocenters. The SMILES string of the molecule is CCCCCCOc1ccc(-c2ccc(CCC)cc2)cc1F. The van der Waals surface area contributed by atoms with Gasteiger partial charge in [0.05, 0.1) is 6.61 Å². The fourth-order valence-electron chi connectivity index (χ4n) is 2.66. The first-order chi connectivity index (χ1) is 11.2. The quantitative estimate of drug-likeness (QED) is 0.486. The molecule has 0 aliphatic carbocycles. The Labute approximate surface area is 139 Å². The lowest BCUT2D eigenvalue weighted by Gasteiger charge is -2.09. The summed E-state index contributed by atoms with van der Waals surface area (Å²) in [6.07, 6.45) is 6.74. The zero-order valence-electron chi connectivity index (χ0n) is 14.3. The molecule has 0 bridgehead atoms. The smallest absolute Gasteiger partial charge is 0.165 e. The zero-order valence-corrected chi connectivity index (χ0v) is 14.3. The normalized spacial score (nSPS) is 10.7. The van der Waals surface area contributed by atoms with E-state index in [1.807, 2.05) is 6.07 Å². The Morgan fingerprint density at radius 2 is 1.57 bits per heavy atom. The Kier molecular flexibility index (Phi) is 7.12. The molecule has 0 spiro atoms. The molecule has 0 amide bonds. The Bertz CT molecular complexity index is 589. The number of aryl methyl sites for hydroxylation is 1. The Morgan fingerprint density at radius 1 is 0.826 bits per heavy atom. The van der Waals surface area contributed by atoms with Crippen molar-refractivity contribution < 1.29 is 9.13 Å². The second-order valence-corrected chi connectivity index (χ2v) is 6.00. The van der Waals surface area contributed by atoms with Crippen molar-refractivity contribution >= 4 is 0 Å². The van der Waals surface area contributed by atoms with E-state index in [-0.39, 0.29) is 5.82 Å². The van der Waals surface area contributed by atoms with E-state index < -0.39 is 0 Å². The minimum absolute atomic E-state index is 0.282. The molecule has 0 aliphatic heterocycles. The van der Waals surface area contributed by atoms with Crippen LogP contribution < -0.4 is 4.74 Å². The van der Waals surface area contributed by atoms with Crippen LogP contribution in [0.3, 0.4) is 0 Å². The topological polar surface area (TPSA) is 9.23 Å². The molecule has 1 nitrogen and oxygen atoms in total. The summed E-state index contributed by atoms with van der Waals surface area (Å²) < 4.78 is 19.7. The molecule has 23 heavy (non-hydrogen) atoms. The van der Waals surface area contributed by atoms with Crippen molar-refractivity contribution in [2.75, 3.05) is 6.61 Å². The van der Waals surface area contributed by atoms with E-state index in [0.29, 0.717) is 12.4 Å². The van der Waals surface area contributed by atoms with E-state index in [4.69, 9.17) is 4.74 Å². The van der Waals surface area contributed by atoms with Crippen LogP contribution in [0, 0.1) is 5.82 Å². The van der Waals surface area contributed by atoms with Crippen molar-refractivity contribution in [3.05, 3.63) is 53.8 Å². The van der Waals surface area contributed by atoms with Crippen LogP contribution in [0.1, 0.15) is 51.5 Å². The average Bonchev–Trinajstić information content (AvgIpc) is 2.57. The summed E-state index contributed by atoms with van der Waals surface area (Å²) >= 11 is 0. The van der Waals surface area contributed by atoms with Gasteiger partial charge in [0.2, 0.25) is 0 Å². The van der Waals surface area contributed by atoms with Gasteiger partial charge in [0.25, 0.3) is 0 Å². The van der Waals surface area contributed by atoms with E-state index in [1.165, 1.54) is 18.4 Å². The molecule has 0 N–H and O–H groups in total. The number of ether oxygens (including phenoxy) is 1. The van der Waals surface area contributed by atoms with Gasteiger partial charge in [-0.3, -0.25) is 0 Å². The summed E-state index contributed by atoms with van der Waals surface area (Å²) in [5.74, 6) is 0.0727. The van der Waals surface area contributed by atoms with Gasteiger partial charge >= 0.3 is 0 Å². The molecule has 0 fully saturated rings. The predicted molar refractivity (Wildman–Crippen MR) is 95.5 cm³/mol. The van der Waals surface area contributed by atoms with Crippen molar-refractivity contribution in [2.24, 2.45) is 0 Å². The molecule has 0 saturated carbocycles. The van der Waals surface area contributed by atoms with Gasteiger partial charge in [0.15, 0.2) is 11.6 Å². The standard InChI is InChI=1S/C21H27FO/c1-3-5-6-7-15-23-21-14-13-19(16-20(21)22)18-11-9-17(8-4-2)10-12-18/h9-14,16H,3-8,15H2,1-2H3. The van der Waals surface area contributed by atoms with Crippen LogP contribution in [-0.2, 0) is 6.42 Å². The summed E-state index contributed by atoms with van der Waals surface area (Å²) in [6.45, 7) is 4.93. The van der Waals surface area contributed by atoms with Gasteiger partial charge < -0.3 is 4.74 Å². The maximum absolute atomic E-state index is 14.2. The van der Waals surface area contributed by atoms with Crippen LogP contribution in [0.15, 0.2) is 42.5 Å². The number of rotatable bonds is 9. The van der Waals surface area contributed by atoms with E-state index in [9.17, 15) is 4.39 Å². The summed E-state index contributed by atoms with van der Waals surface area (Å²) in [6, 6.07) is 13.6. The molecule has 2 heteroatoms. The average molecular weight is 314 g/mol. The lowest BCUT2D eigenvalue weighted by Crippen LogP contribution is -1.99. The third-order valence-corrected chi connectivity index (χ3v) is 4.01. The summed E-state index contributed by atoms with van der Waals surface area (Å²) in [7, 11) is 0. The minimum atomic E-state index is -0.282. The molecule has 2 aromatic carbocycles. The van der Waals surface area contributed by atoms with Gasteiger partial charge in [-0.1, -0.05) is 69.9 Å². The summed E-state index contributed by atoms with van der Waals surface area (Å²) in [5.41, 5.74) is 3.26. The number of benzene rings is 2. The molecule has 0 aromatic heterocycles. The first-order valence-electron chi connectivity index (χ1n) is 8.76. The van der Waals surface area contributed by atoms with Gasteiger partial charge in [0, 0.05) is 0 Å². The lowest BCUT2D eigenvalue weighted by molar-refractivity contribution is 0.290. The molecule has 0 unspecified atom stereocenters. The third kappa shape index (κ3) is 5.38. The van der Waals surface area contributed by atoms with Crippen LogP contribution >= 0.6 is 0 Å². The van der Waals surface area contributed by atoms with E-state index in [0.717, 1.165) is 36.8 Å². The molecular formula is C21H27FO. The zero-order chi connectivity index (χ0) is 16.5. The van der Waals surface area contributed by atoms with Gasteiger partial charge in [-0.25, -0.2) is 4.39 Å². The maximum Gasteiger partial charge on any atom is 0.165 e. The first kappa shape index (κ1) is 17.5. The molecule has 0 radical (unpaired) electrons. The largest absolute Gasteiger partial charge is 0.491 e. The van der Waals surface area contributed by atoms with E-state index >= 15 is 0 Å². The molecule has 124 valence electrons. The molecule has 0 aliphatic rings. The Balaban J connectivity index is 1.98. The third-order valence-electron chi connectivity index (χ3n) is 4.01. The van der Waals surface area contributed by atoms with Crippen molar-refractivity contribution in [1.82, 2.24) is 0 Å². The van der Waals surface area contributed by atoms with Gasteiger partial charge in [0.1, 0.15) is 0 Å². The highest BCUT2D eigenvalue weighted by molar-refractivity contribution is 5.64. The Hall–Kier alpha value is -1.83. The molecule has 2 rings (SSSR count). The predicted octanol–water partition coefficient (Wildman–Crippen LogP) is 6.40. The second-order valence-electron chi connectivity index (χ2n) is 6.00. The Morgan fingerprint density at radius 3 is 2.22 bits per heavy atom. The van der Waals surface area contributed by atoms with Gasteiger partial charge in [-0.15, -0.1) is 0 Å². The van der Waals surface area contributed by atoms with Crippen LogP contribution in [0.25, 0.3) is 11.1 Å².